The first-order valence-electron chi connectivity index (χ1n) is 8.02. The summed E-state index contributed by atoms with van der Waals surface area (Å²) in [5.41, 5.74) is 1.38. The predicted molar refractivity (Wildman–Crippen MR) is 102 cm³/mol. The molecule has 0 spiro atoms. The van der Waals surface area contributed by atoms with Crippen molar-refractivity contribution in [2.75, 3.05) is 5.32 Å². The van der Waals surface area contributed by atoms with Crippen molar-refractivity contribution in [3.8, 4) is 5.75 Å². The van der Waals surface area contributed by atoms with E-state index >= 15 is 0 Å². The van der Waals surface area contributed by atoms with Crippen molar-refractivity contribution in [1.29, 1.82) is 0 Å². The predicted octanol–water partition coefficient (Wildman–Crippen LogP) is 5.16. The van der Waals surface area contributed by atoms with Crippen molar-refractivity contribution in [2.24, 2.45) is 10.2 Å². The summed E-state index contributed by atoms with van der Waals surface area (Å²) < 4.78 is 0. The molecule has 0 aliphatic rings. The molecule has 0 unspecified atom stereocenters. The van der Waals surface area contributed by atoms with Gasteiger partial charge in [0.05, 0.1) is 21.9 Å². The lowest BCUT2D eigenvalue weighted by Crippen LogP contribution is -2.01. The third kappa shape index (κ3) is 4.47. The second-order valence-electron chi connectivity index (χ2n) is 5.68. The van der Waals surface area contributed by atoms with Crippen LogP contribution in [0.1, 0.15) is 10.4 Å². The number of nitrogens with zero attached hydrogens (tertiary/aromatic N) is 3. The lowest BCUT2D eigenvalue weighted by molar-refractivity contribution is -0.383. The number of phenols is 1. The van der Waals surface area contributed by atoms with Crippen LogP contribution in [0.15, 0.2) is 77.0 Å². The fraction of sp³-hybridized carbons (Fsp3) is 0. The average molecular weight is 378 g/mol. The maximum atomic E-state index is 11.2. The number of azo groups is 1. The molecule has 3 aromatic rings. The normalized spacial score (nSPS) is 10.7. The van der Waals surface area contributed by atoms with Crippen LogP contribution in [0.25, 0.3) is 0 Å². The second-order valence-corrected chi connectivity index (χ2v) is 5.68. The Morgan fingerprint density at radius 3 is 2.04 bits per heavy atom. The molecule has 0 aliphatic heterocycles. The van der Waals surface area contributed by atoms with Gasteiger partial charge in [-0.2, -0.15) is 10.2 Å². The third-order valence-corrected chi connectivity index (χ3v) is 3.72. The molecule has 28 heavy (non-hydrogen) atoms. The van der Waals surface area contributed by atoms with Gasteiger partial charge in [0.1, 0.15) is 11.4 Å². The van der Waals surface area contributed by atoms with E-state index in [9.17, 15) is 20.0 Å². The summed E-state index contributed by atoms with van der Waals surface area (Å²) in [5, 5.41) is 40.4. The fourth-order valence-electron chi connectivity index (χ4n) is 2.32. The maximum absolute atomic E-state index is 11.2. The number of hydrogen-bond donors (Lipinski definition) is 3. The Hall–Kier alpha value is -4.27. The summed E-state index contributed by atoms with van der Waals surface area (Å²) in [6.07, 6.45) is 0. The zero-order valence-electron chi connectivity index (χ0n) is 14.3. The molecule has 9 nitrogen and oxygen atoms in total. The number of benzene rings is 3. The van der Waals surface area contributed by atoms with E-state index in [1.807, 2.05) is 0 Å². The number of rotatable bonds is 6. The highest BCUT2D eigenvalue weighted by Gasteiger charge is 2.17. The smallest absolute Gasteiger partial charge is 0.335 e. The first-order valence-corrected chi connectivity index (χ1v) is 8.02. The monoisotopic (exact) mass is 378 g/mol. The third-order valence-electron chi connectivity index (χ3n) is 3.72. The van der Waals surface area contributed by atoms with Gasteiger partial charge in [0.25, 0.3) is 5.69 Å². The molecular weight excluding hydrogens is 364 g/mol. The van der Waals surface area contributed by atoms with E-state index < -0.39 is 10.9 Å². The van der Waals surface area contributed by atoms with Crippen LogP contribution in [0, 0.1) is 10.1 Å². The summed E-state index contributed by atoms with van der Waals surface area (Å²) in [6.45, 7) is 0. The van der Waals surface area contributed by atoms with E-state index in [-0.39, 0.29) is 22.7 Å². The van der Waals surface area contributed by atoms with E-state index in [0.29, 0.717) is 17.1 Å². The molecule has 0 aromatic heterocycles. The lowest BCUT2D eigenvalue weighted by atomic mass is 10.1. The van der Waals surface area contributed by atoms with Gasteiger partial charge in [0.15, 0.2) is 0 Å². The molecule has 140 valence electrons. The summed E-state index contributed by atoms with van der Waals surface area (Å²) in [7, 11) is 0. The Balaban J connectivity index is 1.76. The van der Waals surface area contributed by atoms with Crippen molar-refractivity contribution in [3.63, 3.8) is 0 Å². The van der Waals surface area contributed by atoms with Gasteiger partial charge in [-0.15, -0.1) is 0 Å². The topological polar surface area (TPSA) is 137 Å². The zero-order chi connectivity index (χ0) is 20.1. The number of nitro groups is 1. The number of phenolic OH excluding ortho intramolecular Hbond substituents is 1. The van der Waals surface area contributed by atoms with Crippen molar-refractivity contribution in [1.82, 2.24) is 0 Å². The van der Waals surface area contributed by atoms with Gasteiger partial charge in [0.2, 0.25) is 0 Å². The molecule has 0 radical (unpaired) electrons. The highest BCUT2D eigenvalue weighted by molar-refractivity contribution is 5.90. The van der Waals surface area contributed by atoms with Gasteiger partial charge < -0.3 is 15.5 Å². The van der Waals surface area contributed by atoms with Gasteiger partial charge in [-0.1, -0.05) is 0 Å². The van der Waals surface area contributed by atoms with Crippen LogP contribution in [0.5, 0.6) is 5.75 Å². The molecular formula is C19H14N4O5. The van der Waals surface area contributed by atoms with Crippen LogP contribution in [0.4, 0.5) is 28.4 Å². The Morgan fingerprint density at radius 2 is 1.50 bits per heavy atom. The van der Waals surface area contributed by atoms with Crippen molar-refractivity contribution in [3.05, 3.63) is 82.4 Å². The minimum absolute atomic E-state index is 0.139. The Labute approximate surface area is 158 Å². The number of carbonyl (C=O) groups is 1. The van der Waals surface area contributed by atoms with Gasteiger partial charge in [-0.3, -0.25) is 10.1 Å². The van der Waals surface area contributed by atoms with Crippen molar-refractivity contribution < 1.29 is 19.9 Å². The number of anilines is 2. The van der Waals surface area contributed by atoms with Crippen molar-refractivity contribution in [2.45, 2.75) is 0 Å². The standard InChI is InChI=1S/C19H14N4O5/c24-16-8-6-15(7-9-16)22-21-14-4-2-13(3-5-14)20-17-10-1-12(19(25)26)11-18(17)23(27)28/h1-11,20,24H,(H,25,26). The molecule has 0 aliphatic carbocycles. The van der Waals surface area contributed by atoms with Crippen LogP contribution in [-0.2, 0) is 0 Å². The van der Waals surface area contributed by atoms with Crippen LogP contribution >= 0.6 is 0 Å². The molecule has 3 N–H and O–H groups in total. The van der Waals surface area contributed by atoms with Gasteiger partial charge in [-0.25, -0.2) is 4.79 Å². The minimum Gasteiger partial charge on any atom is -0.508 e. The zero-order valence-corrected chi connectivity index (χ0v) is 14.3. The molecule has 0 fully saturated rings. The number of carboxylic acids is 1. The molecule has 0 bridgehead atoms. The van der Waals surface area contributed by atoms with Gasteiger partial charge >= 0.3 is 5.97 Å². The largest absolute Gasteiger partial charge is 0.508 e. The fourth-order valence-corrected chi connectivity index (χ4v) is 2.32. The number of nitrogens with one attached hydrogen (secondary N) is 1. The van der Waals surface area contributed by atoms with E-state index in [4.69, 9.17) is 5.11 Å². The minimum atomic E-state index is -1.24. The van der Waals surface area contributed by atoms with Crippen LogP contribution in [0.3, 0.4) is 0 Å². The Bertz CT molecular complexity index is 1050. The average Bonchev–Trinajstić information content (AvgIpc) is 2.68. The molecule has 0 amide bonds. The van der Waals surface area contributed by atoms with Gasteiger partial charge in [-0.05, 0) is 60.7 Å². The van der Waals surface area contributed by atoms with E-state index in [2.05, 4.69) is 15.5 Å². The van der Waals surface area contributed by atoms with Crippen LogP contribution in [0.2, 0.25) is 0 Å². The van der Waals surface area contributed by atoms with E-state index in [1.54, 1.807) is 36.4 Å². The summed E-state index contributed by atoms with van der Waals surface area (Å²) in [5.74, 6) is -1.10. The van der Waals surface area contributed by atoms with Crippen molar-refractivity contribution >= 4 is 34.4 Å². The second kappa shape index (κ2) is 7.96. The number of aromatic carboxylic acids is 1. The van der Waals surface area contributed by atoms with Gasteiger partial charge in [0, 0.05) is 11.8 Å². The van der Waals surface area contributed by atoms with E-state index in [0.717, 1.165) is 6.07 Å². The number of carboxylic acid groups (broad SMARTS) is 1. The highest BCUT2D eigenvalue weighted by atomic mass is 16.6. The molecule has 0 saturated carbocycles. The molecule has 0 heterocycles. The summed E-state index contributed by atoms with van der Waals surface area (Å²) in [4.78, 5) is 21.6. The molecule has 9 heteroatoms. The summed E-state index contributed by atoms with van der Waals surface area (Å²) >= 11 is 0. The SMILES string of the molecule is O=C(O)c1ccc(Nc2ccc(N=Nc3ccc(O)cc3)cc2)c([N+](=O)[O-])c1. The van der Waals surface area contributed by atoms with E-state index in [1.165, 1.54) is 24.3 Å². The molecule has 3 aromatic carbocycles. The highest BCUT2D eigenvalue weighted by Crippen LogP contribution is 2.30. The molecule has 0 saturated heterocycles. The van der Waals surface area contributed by atoms with Crippen LogP contribution < -0.4 is 5.32 Å². The van der Waals surface area contributed by atoms with Crippen LogP contribution in [-0.4, -0.2) is 21.1 Å². The number of hydrogen-bond acceptors (Lipinski definition) is 7. The quantitative estimate of drug-likeness (QED) is 0.308. The Kier molecular flexibility index (Phi) is 5.26. The first-order chi connectivity index (χ1) is 13.4. The molecule has 0 atom stereocenters. The molecule has 3 rings (SSSR count). The first kappa shape index (κ1) is 18.5. The maximum Gasteiger partial charge on any atom is 0.335 e. The lowest BCUT2D eigenvalue weighted by Gasteiger charge is -2.08. The summed E-state index contributed by atoms with van der Waals surface area (Å²) in [6, 6.07) is 16.6. The Morgan fingerprint density at radius 1 is 0.929 bits per heavy atom. The number of aromatic hydroxyl groups is 1. The number of nitro benzene ring substituents is 1.